The van der Waals surface area contributed by atoms with Crippen LogP contribution in [0, 0.1) is 0 Å². The van der Waals surface area contributed by atoms with E-state index < -0.39 is 11.1 Å². The van der Waals surface area contributed by atoms with Crippen molar-refractivity contribution in [2.75, 3.05) is 46.2 Å². The second-order valence-corrected chi connectivity index (χ2v) is 11.0. The summed E-state index contributed by atoms with van der Waals surface area (Å²) in [5.41, 5.74) is 1.75. The number of halogens is 1. The van der Waals surface area contributed by atoms with Crippen molar-refractivity contribution in [3.05, 3.63) is 57.5 Å². The summed E-state index contributed by atoms with van der Waals surface area (Å²) >= 11 is 4.38. The molecule has 3 aromatic rings. The van der Waals surface area contributed by atoms with Gasteiger partial charge in [-0.1, -0.05) is 15.9 Å². The molecule has 39 heavy (non-hydrogen) atoms. The molecule has 3 aliphatic heterocycles. The van der Waals surface area contributed by atoms with Crippen molar-refractivity contribution in [2.45, 2.75) is 6.54 Å². The molecule has 2 aromatic carbocycles. The highest BCUT2D eigenvalue weighted by molar-refractivity contribution is 9.10. The Morgan fingerprint density at radius 3 is 2.74 bits per heavy atom. The van der Waals surface area contributed by atoms with Crippen molar-refractivity contribution in [1.82, 2.24) is 14.4 Å². The zero-order valence-corrected chi connectivity index (χ0v) is 23.2. The second kappa shape index (κ2) is 10.9. The molecule has 3 amide bonds. The van der Waals surface area contributed by atoms with Gasteiger partial charge in [0.1, 0.15) is 18.9 Å². The highest BCUT2D eigenvalue weighted by atomic mass is 79.9. The third-order valence-electron chi connectivity index (χ3n) is 6.64. The Balaban J connectivity index is 1.19. The number of ether oxygens (including phenoxy) is 4. The van der Waals surface area contributed by atoms with E-state index in [1.165, 1.54) is 0 Å². The number of rotatable bonds is 7. The molecule has 0 bridgehead atoms. The van der Waals surface area contributed by atoms with Gasteiger partial charge in [-0.2, -0.15) is 0 Å². The number of fused-ring (bicyclic) bond motifs is 2. The largest absolute Gasteiger partial charge is 0.492 e. The first-order valence-electron chi connectivity index (χ1n) is 12.4. The molecule has 0 atom stereocenters. The molecule has 2 fully saturated rings. The first-order chi connectivity index (χ1) is 19.0. The Kier molecular flexibility index (Phi) is 7.24. The second-order valence-electron chi connectivity index (χ2n) is 9.06. The number of imide groups is 1. The third-order valence-corrected chi connectivity index (χ3v) is 8.04. The molecule has 10 nitrogen and oxygen atoms in total. The molecule has 6 rings (SSSR count). The summed E-state index contributed by atoms with van der Waals surface area (Å²) < 4.78 is 24.9. The Morgan fingerprint density at radius 2 is 1.90 bits per heavy atom. The van der Waals surface area contributed by atoms with Crippen LogP contribution in [0.3, 0.4) is 0 Å². The van der Waals surface area contributed by atoms with E-state index in [1.54, 1.807) is 17.0 Å². The first-order valence-corrected chi connectivity index (χ1v) is 14.0. The van der Waals surface area contributed by atoms with E-state index >= 15 is 0 Å². The number of thioether (sulfide) groups is 1. The molecule has 4 heterocycles. The predicted octanol–water partition coefficient (Wildman–Crippen LogP) is 4.11. The lowest BCUT2D eigenvalue weighted by atomic mass is 10.1. The average molecular weight is 614 g/mol. The van der Waals surface area contributed by atoms with E-state index in [4.69, 9.17) is 18.9 Å². The SMILES string of the molecule is O=C(CN1C(=O)S/C(=C\c2cn(CCOc3ccc4c(c3)OCO4)c3ccc(Br)cc23)C1=O)N1CCOCC1. The molecule has 0 saturated carbocycles. The van der Waals surface area contributed by atoms with Gasteiger partial charge < -0.3 is 28.4 Å². The fourth-order valence-electron chi connectivity index (χ4n) is 4.65. The number of amides is 3. The molecular formula is C27H24BrN3O7S. The van der Waals surface area contributed by atoms with Crippen LogP contribution < -0.4 is 14.2 Å². The van der Waals surface area contributed by atoms with Crippen LogP contribution in [-0.4, -0.2) is 77.7 Å². The van der Waals surface area contributed by atoms with Gasteiger partial charge in [-0.3, -0.25) is 19.3 Å². The van der Waals surface area contributed by atoms with Crippen molar-refractivity contribution in [2.24, 2.45) is 0 Å². The topological polar surface area (TPSA) is 99.5 Å². The monoisotopic (exact) mass is 613 g/mol. The maximum atomic E-state index is 13.1. The quantitative estimate of drug-likeness (QED) is 0.367. The van der Waals surface area contributed by atoms with Gasteiger partial charge in [0.2, 0.25) is 12.7 Å². The van der Waals surface area contributed by atoms with Crippen LogP contribution in [0.1, 0.15) is 5.56 Å². The zero-order chi connectivity index (χ0) is 26.9. The van der Waals surface area contributed by atoms with E-state index in [0.717, 1.165) is 37.6 Å². The van der Waals surface area contributed by atoms with E-state index in [9.17, 15) is 14.4 Å². The zero-order valence-electron chi connectivity index (χ0n) is 20.8. The maximum Gasteiger partial charge on any atom is 0.294 e. The Labute approximate surface area is 236 Å². The minimum atomic E-state index is -0.464. The molecule has 2 saturated heterocycles. The Hall–Kier alpha value is -3.48. The molecular weight excluding hydrogens is 590 g/mol. The molecule has 0 N–H and O–H groups in total. The van der Waals surface area contributed by atoms with Crippen molar-refractivity contribution >= 4 is 61.7 Å². The van der Waals surface area contributed by atoms with Crippen LogP contribution >= 0.6 is 27.7 Å². The van der Waals surface area contributed by atoms with Crippen LogP contribution in [0.25, 0.3) is 17.0 Å². The lowest BCUT2D eigenvalue weighted by Gasteiger charge is -2.28. The first kappa shape index (κ1) is 25.8. The van der Waals surface area contributed by atoms with E-state index in [2.05, 4.69) is 15.9 Å². The van der Waals surface area contributed by atoms with Crippen LogP contribution in [0.15, 0.2) is 52.0 Å². The molecule has 1 aromatic heterocycles. The average Bonchev–Trinajstić information content (AvgIpc) is 3.62. The highest BCUT2D eigenvalue weighted by Crippen LogP contribution is 2.36. The summed E-state index contributed by atoms with van der Waals surface area (Å²) in [6.07, 6.45) is 3.65. The number of hydrogen-bond acceptors (Lipinski definition) is 8. The molecule has 0 aliphatic carbocycles. The summed E-state index contributed by atoms with van der Waals surface area (Å²) in [7, 11) is 0. The highest BCUT2D eigenvalue weighted by Gasteiger charge is 2.37. The fraction of sp³-hybridized carbons (Fsp3) is 0.296. The number of hydrogen-bond donors (Lipinski definition) is 0. The summed E-state index contributed by atoms with van der Waals surface area (Å²) in [6.45, 7) is 2.71. The summed E-state index contributed by atoms with van der Waals surface area (Å²) in [5, 5.41) is 0.471. The normalized spacial score (nSPS) is 18.0. The van der Waals surface area contributed by atoms with Crippen LogP contribution in [-0.2, 0) is 20.9 Å². The van der Waals surface area contributed by atoms with E-state index in [0.29, 0.717) is 56.7 Å². The number of aromatic nitrogens is 1. The minimum absolute atomic E-state index is 0.205. The number of carbonyl (C=O) groups excluding carboxylic acids is 3. The fourth-order valence-corrected chi connectivity index (χ4v) is 5.84. The van der Waals surface area contributed by atoms with Gasteiger partial charge in [-0.15, -0.1) is 0 Å². The molecule has 3 aliphatic rings. The maximum absolute atomic E-state index is 13.1. The van der Waals surface area contributed by atoms with E-state index in [-0.39, 0.29) is 24.2 Å². The number of benzene rings is 2. The van der Waals surface area contributed by atoms with Gasteiger partial charge in [0.05, 0.1) is 24.7 Å². The van der Waals surface area contributed by atoms with Crippen molar-refractivity contribution in [1.29, 1.82) is 0 Å². The molecule has 12 heteroatoms. The lowest BCUT2D eigenvalue weighted by molar-refractivity contribution is -0.139. The van der Waals surface area contributed by atoms with Gasteiger partial charge in [0.15, 0.2) is 11.5 Å². The molecule has 202 valence electrons. The Morgan fingerprint density at radius 1 is 1.08 bits per heavy atom. The number of morpholine rings is 1. The summed E-state index contributed by atoms with van der Waals surface area (Å²) in [6, 6.07) is 11.4. The molecule has 0 unspecified atom stereocenters. The van der Waals surface area contributed by atoms with Crippen LogP contribution in [0.4, 0.5) is 4.79 Å². The minimum Gasteiger partial charge on any atom is -0.492 e. The lowest BCUT2D eigenvalue weighted by Crippen LogP contribution is -2.46. The van der Waals surface area contributed by atoms with Gasteiger partial charge in [-0.05, 0) is 48.2 Å². The smallest absolute Gasteiger partial charge is 0.294 e. The summed E-state index contributed by atoms with van der Waals surface area (Å²) in [5.74, 6) is 1.31. The van der Waals surface area contributed by atoms with Crippen molar-refractivity contribution < 1.29 is 33.3 Å². The summed E-state index contributed by atoms with van der Waals surface area (Å²) in [4.78, 5) is 41.3. The van der Waals surface area contributed by atoms with Gasteiger partial charge in [0.25, 0.3) is 11.1 Å². The molecule has 0 spiro atoms. The van der Waals surface area contributed by atoms with E-state index in [1.807, 2.05) is 41.1 Å². The van der Waals surface area contributed by atoms with Gasteiger partial charge in [0, 0.05) is 46.3 Å². The predicted molar refractivity (Wildman–Crippen MR) is 148 cm³/mol. The van der Waals surface area contributed by atoms with Gasteiger partial charge in [-0.25, -0.2) is 0 Å². The van der Waals surface area contributed by atoms with Crippen LogP contribution in [0.2, 0.25) is 0 Å². The number of nitrogens with zero attached hydrogens (tertiary/aromatic N) is 3. The van der Waals surface area contributed by atoms with Crippen molar-refractivity contribution in [3.8, 4) is 17.2 Å². The standard InChI is InChI=1S/C27H24BrN3O7S/c28-18-1-3-21-20(12-18)17(14-30(21)7-10-36-19-2-4-22-23(13-19)38-16-37-22)11-24-26(33)31(27(34)39-24)15-25(32)29-5-8-35-9-6-29/h1-4,11-14H,5-10,15-16H2/b24-11-. The van der Waals surface area contributed by atoms with Crippen molar-refractivity contribution in [3.63, 3.8) is 0 Å². The number of carbonyl (C=O) groups is 3. The molecule has 0 radical (unpaired) electrons. The third kappa shape index (κ3) is 5.36. The van der Waals surface area contributed by atoms with Gasteiger partial charge >= 0.3 is 0 Å². The Bertz CT molecular complexity index is 1500. The van der Waals surface area contributed by atoms with Crippen LogP contribution in [0.5, 0.6) is 17.2 Å².